The number of pyridine rings is 1. The molecule has 0 fully saturated rings. The minimum Gasteiger partial charge on any atom is -0.480 e. The third kappa shape index (κ3) is 3.10. The summed E-state index contributed by atoms with van der Waals surface area (Å²) in [4.78, 5) is 15.7. The Balaban J connectivity index is 2.75. The third-order valence-corrected chi connectivity index (χ3v) is 1.92. The van der Waals surface area contributed by atoms with E-state index in [9.17, 15) is 4.79 Å². The van der Waals surface area contributed by atoms with Crippen LogP contribution in [0.5, 0.6) is 5.88 Å². The topological polar surface area (TPSA) is 39.2 Å². The summed E-state index contributed by atoms with van der Waals surface area (Å²) in [6, 6.07) is 3.44. The average Bonchev–Trinajstić information content (AvgIpc) is 2.29. The third-order valence-electron chi connectivity index (χ3n) is 1.92. The first kappa shape index (κ1) is 11.3. The standard InChI is InChI=1S/C12H13NO2/c1-3-4-5-8-11(14)10-7-6-9-13-12(10)15-2/h6-7,9H,5,8H2,1-2H3. The molecule has 0 aliphatic carbocycles. The average molecular weight is 203 g/mol. The zero-order valence-electron chi connectivity index (χ0n) is 8.91. The van der Waals surface area contributed by atoms with Crippen molar-refractivity contribution in [3.63, 3.8) is 0 Å². The molecule has 1 aromatic rings. The van der Waals surface area contributed by atoms with Gasteiger partial charge in [0.15, 0.2) is 5.78 Å². The maximum atomic E-state index is 11.7. The summed E-state index contributed by atoms with van der Waals surface area (Å²) in [5.41, 5.74) is 0.526. The Morgan fingerprint density at radius 3 is 3.07 bits per heavy atom. The van der Waals surface area contributed by atoms with Crippen molar-refractivity contribution < 1.29 is 9.53 Å². The summed E-state index contributed by atoms with van der Waals surface area (Å²) in [6.45, 7) is 1.76. The van der Waals surface area contributed by atoms with Gasteiger partial charge >= 0.3 is 0 Å². The number of methoxy groups -OCH3 is 1. The number of hydrogen-bond acceptors (Lipinski definition) is 3. The highest BCUT2D eigenvalue weighted by Crippen LogP contribution is 2.16. The van der Waals surface area contributed by atoms with Crippen molar-refractivity contribution >= 4 is 5.78 Å². The van der Waals surface area contributed by atoms with E-state index in [1.807, 2.05) is 0 Å². The van der Waals surface area contributed by atoms with Gasteiger partial charge < -0.3 is 4.74 Å². The Hall–Kier alpha value is -1.82. The maximum Gasteiger partial charge on any atom is 0.224 e. The molecule has 3 nitrogen and oxygen atoms in total. The van der Waals surface area contributed by atoms with Crippen molar-refractivity contribution in [2.75, 3.05) is 7.11 Å². The van der Waals surface area contributed by atoms with Crippen molar-refractivity contribution in [3.05, 3.63) is 23.9 Å². The lowest BCUT2D eigenvalue weighted by Gasteiger charge is -2.04. The number of ether oxygens (including phenoxy) is 1. The Bertz CT molecular complexity index is 402. The van der Waals surface area contributed by atoms with Crippen molar-refractivity contribution in [1.82, 2.24) is 4.98 Å². The van der Waals surface area contributed by atoms with Crippen LogP contribution >= 0.6 is 0 Å². The Morgan fingerprint density at radius 1 is 1.60 bits per heavy atom. The predicted octanol–water partition coefficient (Wildman–Crippen LogP) is 2.08. The zero-order valence-corrected chi connectivity index (χ0v) is 8.91. The minimum atomic E-state index is 0.0164. The first-order valence-corrected chi connectivity index (χ1v) is 4.71. The fraction of sp³-hybridized carbons (Fsp3) is 0.333. The number of rotatable bonds is 4. The first-order chi connectivity index (χ1) is 7.29. The van der Waals surface area contributed by atoms with E-state index in [1.165, 1.54) is 7.11 Å². The summed E-state index contributed by atoms with van der Waals surface area (Å²) in [5.74, 6) is 6.01. The lowest BCUT2D eigenvalue weighted by molar-refractivity contribution is 0.0980. The molecule has 78 valence electrons. The molecule has 0 unspecified atom stereocenters. The number of nitrogens with zero attached hydrogens (tertiary/aromatic N) is 1. The molecule has 0 bridgehead atoms. The highest BCUT2D eigenvalue weighted by atomic mass is 16.5. The van der Waals surface area contributed by atoms with Crippen LogP contribution in [0.3, 0.4) is 0 Å². The number of carbonyl (C=O) groups excluding carboxylic acids is 1. The molecule has 0 radical (unpaired) electrons. The SMILES string of the molecule is CC#CCCC(=O)c1cccnc1OC. The van der Waals surface area contributed by atoms with Crippen LogP contribution in [-0.2, 0) is 0 Å². The summed E-state index contributed by atoms with van der Waals surface area (Å²) >= 11 is 0. The van der Waals surface area contributed by atoms with Crippen molar-refractivity contribution in [3.8, 4) is 17.7 Å². The lowest BCUT2D eigenvalue weighted by atomic mass is 10.1. The monoisotopic (exact) mass is 203 g/mol. The molecule has 0 N–H and O–H groups in total. The van der Waals surface area contributed by atoms with Gasteiger partial charge in [-0.1, -0.05) is 0 Å². The van der Waals surface area contributed by atoms with E-state index in [2.05, 4.69) is 16.8 Å². The van der Waals surface area contributed by atoms with Crippen LogP contribution < -0.4 is 4.74 Å². The zero-order chi connectivity index (χ0) is 11.1. The molecular formula is C12H13NO2. The molecule has 3 heteroatoms. The molecule has 0 spiro atoms. The van der Waals surface area contributed by atoms with E-state index in [1.54, 1.807) is 25.3 Å². The molecule has 0 aromatic carbocycles. The van der Waals surface area contributed by atoms with Gasteiger partial charge in [-0.3, -0.25) is 4.79 Å². The van der Waals surface area contributed by atoms with Gasteiger partial charge in [0, 0.05) is 19.0 Å². The van der Waals surface area contributed by atoms with Crippen LogP contribution in [0.4, 0.5) is 0 Å². The second kappa shape index (κ2) is 5.82. The van der Waals surface area contributed by atoms with Gasteiger partial charge in [-0.25, -0.2) is 4.98 Å². The van der Waals surface area contributed by atoms with Crippen molar-refractivity contribution in [2.45, 2.75) is 19.8 Å². The van der Waals surface area contributed by atoms with E-state index in [4.69, 9.17) is 4.74 Å². The summed E-state index contributed by atoms with van der Waals surface area (Å²) in [6.07, 6.45) is 2.58. The second-order valence-corrected chi connectivity index (χ2v) is 2.91. The smallest absolute Gasteiger partial charge is 0.224 e. The highest BCUT2D eigenvalue weighted by molar-refractivity contribution is 5.98. The quantitative estimate of drug-likeness (QED) is 0.555. The predicted molar refractivity (Wildman–Crippen MR) is 57.8 cm³/mol. The van der Waals surface area contributed by atoms with Crippen LogP contribution in [0.15, 0.2) is 18.3 Å². The molecule has 0 amide bonds. The Morgan fingerprint density at radius 2 is 2.40 bits per heavy atom. The number of Topliss-reactive ketones (excluding diaryl/α,β-unsaturated/α-hetero) is 1. The molecule has 0 aliphatic heterocycles. The van der Waals surface area contributed by atoms with E-state index in [0.29, 0.717) is 24.3 Å². The van der Waals surface area contributed by atoms with Gasteiger partial charge in [-0.15, -0.1) is 11.8 Å². The minimum absolute atomic E-state index is 0.0164. The van der Waals surface area contributed by atoms with Crippen LogP contribution in [0.25, 0.3) is 0 Å². The largest absolute Gasteiger partial charge is 0.480 e. The Kier molecular flexibility index (Phi) is 4.36. The van der Waals surface area contributed by atoms with E-state index >= 15 is 0 Å². The molecule has 0 saturated carbocycles. The van der Waals surface area contributed by atoms with Gasteiger partial charge in [0.1, 0.15) is 0 Å². The summed E-state index contributed by atoms with van der Waals surface area (Å²) < 4.78 is 5.00. The van der Waals surface area contributed by atoms with Gasteiger partial charge in [-0.2, -0.15) is 0 Å². The van der Waals surface area contributed by atoms with Gasteiger partial charge in [-0.05, 0) is 19.1 Å². The van der Waals surface area contributed by atoms with E-state index in [0.717, 1.165) is 0 Å². The Labute approximate surface area is 89.5 Å². The van der Waals surface area contributed by atoms with Crippen LogP contribution in [0.2, 0.25) is 0 Å². The number of aromatic nitrogens is 1. The normalized spacial score (nSPS) is 8.93. The number of carbonyl (C=O) groups is 1. The molecule has 0 atom stereocenters. The summed E-state index contributed by atoms with van der Waals surface area (Å²) in [7, 11) is 1.50. The van der Waals surface area contributed by atoms with Gasteiger partial charge in [0.25, 0.3) is 0 Å². The van der Waals surface area contributed by atoms with E-state index in [-0.39, 0.29) is 5.78 Å². The fourth-order valence-corrected chi connectivity index (χ4v) is 1.20. The van der Waals surface area contributed by atoms with Gasteiger partial charge in [0.2, 0.25) is 5.88 Å². The molecule has 0 saturated heterocycles. The highest BCUT2D eigenvalue weighted by Gasteiger charge is 2.11. The molecule has 1 rings (SSSR count). The first-order valence-electron chi connectivity index (χ1n) is 4.71. The molecule has 1 heterocycles. The number of hydrogen-bond donors (Lipinski definition) is 0. The number of ketones is 1. The maximum absolute atomic E-state index is 11.7. The van der Waals surface area contributed by atoms with Gasteiger partial charge in [0.05, 0.1) is 12.7 Å². The fourth-order valence-electron chi connectivity index (χ4n) is 1.20. The molecular weight excluding hydrogens is 190 g/mol. The van der Waals surface area contributed by atoms with Crippen molar-refractivity contribution in [1.29, 1.82) is 0 Å². The van der Waals surface area contributed by atoms with Crippen LogP contribution in [0, 0.1) is 11.8 Å². The molecule has 1 aromatic heterocycles. The van der Waals surface area contributed by atoms with E-state index < -0.39 is 0 Å². The summed E-state index contributed by atoms with van der Waals surface area (Å²) in [5, 5.41) is 0. The lowest BCUT2D eigenvalue weighted by Crippen LogP contribution is -2.02. The molecule has 15 heavy (non-hydrogen) atoms. The van der Waals surface area contributed by atoms with Crippen molar-refractivity contribution in [2.24, 2.45) is 0 Å². The van der Waals surface area contributed by atoms with Crippen LogP contribution in [0.1, 0.15) is 30.1 Å². The molecule has 0 aliphatic rings. The second-order valence-electron chi connectivity index (χ2n) is 2.91. The van der Waals surface area contributed by atoms with Crippen LogP contribution in [-0.4, -0.2) is 17.9 Å².